The summed E-state index contributed by atoms with van der Waals surface area (Å²) in [6, 6.07) is 12.0. The van der Waals surface area contributed by atoms with E-state index in [2.05, 4.69) is 25.9 Å². The predicted molar refractivity (Wildman–Crippen MR) is 124 cm³/mol. The minimum atomic E-state index is -0.708. The molecule has 0 bridgehead atoms. The van der Waals surface area contributed by atoms with Gasteiger partial charge in [0.15, 0.2) is 5.13 Å². The first-order valence-corrected chi connectivity index (χ1v) is 11.1. The Hall–Kier alpha value is -3.77. The number of anilines is 2. The van der Waals surface area contributed by atoms with Crippen molar-refractivity contribution in [2.24, 2.45) is 5.92 Å². The van der Waals surface area contributed by atoms with Gasteiger partial charge in [-0.1, -0.05) is 32.4 Å². The second kappa shape index (κ2) is 11.0. The smallest absolute Gasteiger partial charge is 0.251 e. The van der Waals surface area contributed by atoms with E-state index in [0.29, 0.717) is 12.0 Å². The fourth-order valence-corrected chi connectivity index (χ4v) is 3.72. The molecule has 3 N–H and O–H groups in total. The minimum Gasteiger partial charge on any atom is -0.341 e. The Morgan fingerprint density at radius 3 is 2.66 bits per heavy atom. The van der Waals surface area contributed by atoms with Crippen molar-refractivity contribution < 1.29 is 9.59 Å². The van der Waals surface area contributed by atoms with Gasteiger partial charge in [0.2, 0.25) is 5.91 Å². The molecule has 1 unspecified atom stereocenters. The molecule has 0 radical (unpaired) electrons. The fourth-order valence-electron chi connectivity index (χ4n) is 2.98. The van der Waals surface area contributed by atoms with Crippen LogP contribution in [0.25, 0.3) is 11.3 Å². The number of amides is 2. The Labute approximate surface area is 190 Å². The number of aromatic nitrogens is 2. The summed E-state index contributed by atoms with van der Waals surface area (Å²) >= 11 is 1.48. The van der Waals surface area contributed by atoms with E-state index in [1.54, 1.807) is 24.5 Å². The molecule has 164 valence electrons. The SMILES string of the molecule is CCC(C)[C@H](NC(=O)c1ccc(-c2csc(Nc3cccnc3)n2)cc1)C(=O)NCC#N. The maximum absolute atomic E-state index is 12.7. The molecule has 32 heavy (non-hydrogen) atoms. The lowest BCUT2D eigenvalue weighted by Gasteiger charge is -2.23. The van der Waals surface area contributed by atoms with Crippen LogP contribution in [0.2, 0.25) is 0 Å². The number of nitrogens with zero attached hydrogens (tertiary/aromatic N) is 3. The van der Waals surface area contributed by atoms with E-state index < -0.39 is 6.04 Å². The highest BCUT2D eigenvalue weighted by Gasteiger charge is 2.26. The van der Waals surface area contributed by atoms with Crippen LogP contribution in [0.5, 0.6) is 0 Å². The molecule has 0 spiro atoms. The number of benzene rings is 1. The highest BCUT2D eigenvalue weighted by Crippen LogP contribution is 2.27. The molecule has 1 aromatic carbocycles. The predicted octanol–water partition coefficient (Wildman–Crippen LogP) is 3.73. The number of nitrogens with one attached hydrogen (secondary N) is 3. The summed E-state index contributed by atoms with van der Waals surface area (Å²) < 4.78 is 0. The van der Waals surface area contributed by atoms with Crippen LogP contribution in [0.1, 0.15) is 30.6 Å². The second-order valence-corrected chi connectivity index (χ2v) is 8.05. The summed E-state index contributed by atoms with van der Waals surface area (Å²) in [7, 11) is 0. The summed E-state index contributed by atoms with van der Waals surface area (Å²) in [6.07, 6.45) is 4.14. The summed E-state index contributed by atoms with van der Waals surface area (Å²) in [5.41, 5.74) is 2.97. The number of hydrogen-bond donors (Lipinski definition) is 3. The average molecular weight is 449 g/mol. The highest BCUT2D eigenvalue weighted by molar-refractivity contribution is 7.14. The lowest BCUT2D eigenvalue weighted by Crippen LogP contribution is -2.50. The third-order valence-corrected chi connectivity index (χ3v) is 5.74. The van der Waals surface area contributed by atoms with Gasteiger partial charge in [0.05, 0.1) is 23.6 Å². The van der Waals surface area contributed by atoms with Crippen molar-refractivity contribution in [2.45, 2.75) is 26.3 Å². The first kappa shape index (κ1) is 22.9. The molecular formula is C23H24N6O2S. The Balaban J connectivity index is 1.67. The molecule has 0 saturated carbocycles. The molecule has 0 saturated heterocycles. The molecule has 0 aliphatic rings. The van der Waals surface area contributed by atoms with Crippen molar-refractivity contribution in [3.63, 3.8) is 0 Å². The molecule has 3 rings (SSSR count). The van der Waals surface area contributed by atoms with Crippen LogP contribution in [-0.2, 0) is 4.79 Å². The van der Waals surface area contributed by atoms with Crippen molar-refractivity contribution in [3.05, 3.63) is 59.7 Å². The Morgan fingerprint density at radius 1 is 1.22 bits per heavy atom. The molecule has 2 heterocycles. The Bertz CT molecular complexity index is 1090. The van der Waals surface area contributed by atoms with E-state index in [0.717, 1.165) is 22.1 Å². The van der Waals surface area contributed by atoms with Crippen LogP contribution >= 0.6 is 11.3 Å². The third kappa shape index (κ3) is 5.89. The lowest BCUT2D eigenvalue weighted by atomic mass is 9.97. The topological polar surface area (TPSA) is 120 Å². The number of nitriles is 1. The molecule has 2 aromatic heterocycles. The van der Waals surface area contributed by atoms with Gasteiger partial charge in [0.25, 0.3) is 5.91 Å². The number of carbonyl (C=O) groups is 2. The summed E-state index contributed by atoms with van der Waals surface area (Å²) in [5, 5.41) is 19.9. The molecule has 0 fully saturated rings. The molecule has 3 aromatic rings. The summed E-state index contributed by atoms with van der Waals surface area (Å²) in [6.45, 7) is 3.74. The molecule has 2 atom stereocenters. The van der Waals surface area contributed by atoms with Gasteiger partial charge in [-0.25, -0.2) is 4.98 Å². The quantitative estimate of drug-likeness (QED) is 0.429. The molecule has 0 aliphatic carbocycles. The summed E-state index contributed by atoms with van der Waals surface area (Å²) in [4.78, 5) is 33.7. The zero-order valence-corrected chi connectivity index (χ0v) is 18.6. The van der Waals surface area contributed by atoms with E-state index >= 15 is 0 Å². The molecular weight excluding hydrogens is 424 g/mol. The number of pyridine rings is 1. The van der Waals surface area contributed by atoms with E-state index in [1.165, 1.54) is 11.3 Å². The van der Waals surface area contributed by atoms with Crippen molar-refractivity contribution in [3.8, 4) is 17.3 Å². The normalized spacial score (nSPS) is 12.3. The van der Waals surface area contributed by atoms with E-state index in [-0.39, 0.29) is 24.3 Å². The lowest BCUT2D eigenvalue weighted by molar-refractivity contribution is -0.123. The van der Waals surface area contributed by atoms with Gasteiger partial charge in [-0.2, -0.15) is 5.26 Å². The van der Waals surface area contributed by atoms with Gasteiger partial charge in [-0.15, -0.1) is 11.3 Å². The van der Waals surface area contributed by atoms with Gasteiger partial charge >= 0.3 is 0 Å². The number of rotatable bonds is 9. The fraction of sp³-hybridized carbons (Fsp3) is 0.261. The molecule has 0 aliphatic heterocycles. The zero-order chi connectivity index (χ0) is 22.9. The van der Waals surface area contributed by atoms with E-state index in [1.807, 2.05) is 49.6 Å². The monoisotopic (exact) mass is 448 g/mol. The van der Waals surface area contributed by atoms with Crippen LogP contribution in [0.15, 0.2) is 54.2 Å². The van der Waals surface area contributed by atoms with Gasteiger partial charge in [0.1, 0.15) is 12.6 Å². The van der Waals surface area contributed by atoms with Crippen LogP contribution in [0.4, 0.5) is 10.8 Å². The van der Waals surface area contributed by atoms with Crippen LogP contribution in [-0.4, -0.2) is 34.4 Å². The average Bonchev–Trinajstić information content (AvgIpc) is 3.29. The second-order valence-electron chi connectivity index (χ2n) is 7.19. The third-order valence-electron chi connectivity index (χ3n) is 4.98. The van der Waals surface area contributed by atoms with Crippen molar-refractivity contribution in [1.82, 2.24) is 20.6 Å². The van der Waals surface area contributed by atoms with E-state index in [9.17, 15) is 9.59 Å². The minimum absolute atomic E-state index is 0.0716. The van der Waals surface area contributed by atoms with Crippen LogP contribution in [0, 0.1) is 17.2 Å². The number of carbonyl (C=O) groups excluding carboxylic acids is 2. The standard InChI is InChI=1S/C23H24N6O2S/c1-3-15(2)20(22(31)26-12-10-24)29-21(30)17-8-6-16(7-9-17)19-14-32-23(28-19)27-18-5-4-11-25-13-18/h4-9,11,13-15,20H,3,12H2,1-2H3,(H,26,31)(H,27,28)(H,29,30)/t15?,20-/m0/s1. The maximum Gasteiger partial charge on any atom is 0.251 e. The van der Waals surface area contributed by atoms with Crippen LogP contribution in [0.3, 0.4) is 0 Å². The Morgan fingerprint density at radius 2 is 2.00 bits per heavy atom. The largest absolute Gasteiger partial charge is 0.341 e. The van der Waals surface area contributed by atoms with Crippen LogP contribution < -0.4 is 16.0 Å². The van der Waals surface area contributed by atoms with E-state index in [4.69, 9.17) is 5.26 Å². The van der Waals surface area contributed by atoms with Gasteiger partial charge in [0, 0.05) is 22.7 Å². The van der Waals surface area contributed by atoms with Gasteiger partial charge < -0.3 is 16.0 Å². The molecule has 2 amide bonds. The first-order valence-electron chi connectivity index (χ1n) is 10.2. The number of hydrogen-bond acceptors (Lipinski definition) is 7. The molecule has 8 nitrogen and oxygen atoms in total. The maximum atomic E-state index is 12.7. The van der Waals surface area contributed by atoms with Crippen molar-refractivity contribution in [2.75, 3.05) is 11.9 Å². The number of thiazole rings is 1. The highest BCUT2D eigenvalue weighted by atomic mass is 32.1. The molecule has 9 heteroatoms. The first-order chi connectivity index (χ1) is 15.5. The summed E-state index contributed by atoms with van der Waals surface area (Å²) in [5.74, 6) is -0.772. The van der Waals surface area contributed by atoms with Gasteiger partial charge in [-0.3, -0.25) is 14.6 Å². The Kier molecular flexibility index (Phi) is 7.89. The van der Waals surface area contributed by atoms with Crippen molar-refractivity contribution >= 4 is 34.0 Å². The van der Waals surface area contributed by atoms with Crippen molar-refractivity contribution in [1.29, 1.82) is 5.26 Å². The van der Waals surface area contributed by atoms with Gasteiger partial charge in [-0.05, 0) is 30.2 Å². The zero-order valence-electron chi connectivity index (χ0n) is 17.8.